The summed E-state index contributed by atoms with van der Waals surface area (Å²) in [5.41, 5.74) is 1.11. The second-order valence-corrected chi connectivity index (χ2v) is 6.53. The molecule has 2 rings (SSSR count). The third-order valence-electron chi connectivity index (χ3n) is 3.81. The predicted octanol–water partition coefficient (Wildman–Crippen LogP) is 4.61. The number of nitrogens with zero attached hydrogens (tertiary/aromatic N) is 2. The summed E-state index contributed by atoms with van der Waals surface area (Å²) in [6.45, 7) is 8.71. The molecule has 2 heterocycles. The molecule has 1 aromatic rings. The first-order chi connectivity index (χ1) is 9.58. The monoisotopic (exact) mass is 387 g/mol. The van der Waals surface area contributed by atoms with Crippen LogP contribution in [0.3, 0.4) is 0 Å². The highest BCUT2D eigenvalue weighted by Gasteiger charge is 2.24. The summed E-state index contributed by atoms with van der Waals surface area (Å²) >= 11 is 12.2. The molecular formula is C15H25Cl4N3. The minimum Gasteiger partial charge on any atom is -0.314 e. The van der Waals surface area contributed by atoms with Crippen molar-refractivity contribution >= 4 is 48.0 Å². The SMILES string of the molecule is CC(C)CC[C@H](c1ccc(Cl)nc1Cl)N1CCNCC1.Cl.Cl. The van der Waals surface area contributed by atoms with Gasteiger partial charge in [-0.1, -0.05) is 43.1 Å². The van der Waals surface area contributed by atoms with Crippen molar-refractivity contribution in [3.63, 3.8) is 0 Å². The van der Waals surface area contributed by atoms with Gasteiger partial charge < -0.3 is 5.32 Å². The van der Waals surface area contributed by atoms with E-state index in [1.54, 1.807) is 0 Å². The molecule has 7 heteroatoms. The lowest BCUT2D eigenvalue weighted by atomic mass is 9.97. The van der Waals surface area contributed by atoms with Crippen LogP contribution in [0.5, 0.6) is 0 Å². The maximum Gasteiger partial charge on any atom is 0.135 e. The fraction of sp³-hybridized carbons (Fsp3) is 0.667. The molecule has 1 aromatic heterocycles. The fourth-order valence-corrected chi connectivity index (χ4v) is 3.16. The number of rotatable bonds is 5. The molecule has 0 spiro atoms. The zero-order valence-corrected chi connectivity index (χ0v) is 16.2. The van der Waals surface area contributed by atoms with Gasteiger partial charge in [-0.3, -0.25) is 4.90 Å². The summed E-state index contributed by atoms with van der Waals surface area (Å²) in [6.07, 6.45) is 2.30. The van der Waals surface area contributed by atoms with Crippen molar-refractivity contribution < 1.29 is 0 Å². The van der Waals surface area contributed by atoms with Crippen LogP contribution in [0.4, 0.5) is 0 Å². The van der Waals surface area contributed by atoms with Gasteiger partial charge in [0.25, 0.3) is 0 Å². The van der Waals surface area contributed by atoms with Crippen molar-refractivity contribution in [3.8, 4) is 0 Å². The molecule has 3 nitrogen and oxygen atoms in total. The first-order valence-corrected chi connectivity index (χ1v) is 8.10. The quantitative estimate of drug-likeness (QED) is 0.746. The minimum absolute atomic E-state index is 0. The first kappa shape index (κ1) is 22.2. The standard InChI is InChI=1S/C15H23Cl2N3.2ClH/c1-11(2)3-5-13(20-9-7-18-8-10-20)12-4-6-14(16)19-15(12)17;;/h4,6,11,13,18H,3,5,7-10H2,1-2H3;2*1H/t13-;;/m1../s1. The molecule has 0 aliphatic carbocycles. The summed E-state index contributed by atoms with van der Waals surface area (Å²) in [5.74, 6) is 0.694. The lowest BCUT2D eigenvalue weighted by Gasteiger charge is -2.35. The smallest absolute Gasteiger partial charge is 0.135 e. The Labute approximate surface area is 156 Å². The highest BCUT2D eigenvalue weighted by atomic mass is 35.5. The molecule has 0 bridgehead atoms. The molecule has 1 N–H and O–H groups in total. The first-order valence-electron chi connectivity index (χ1n) is 7.34. The molecule has 128 valence electrons. The van der Waals surface area contributed by atoms with Crippen molar-refractivity contribution in [2.45, 2.75) is 32.7 Å². The van der Waals surface area contributed by atoms with Gasteiger partial charge in [0.05, 0.1) is 0 Å². The van der Waals surface area contributed by atoms with Crippen molar-refractivity contribution in [1.29, 1.82) is 0 Å². The highest BCUT2D eigenvalue weighted by Crippen LogP contribution is 2.32. The van der Waals surface area contributed by atoms with E-state index >= 15 is 0 Å². The molecule has 22 heavy (non-hydrogen) atoms. The summed E-state index contributed by atoms with van der Waals surface area (Å²) in [4.78, 5) is 6.71. The van der Waals surface area contributed by atoms with Crippen molar-refractivity contribution in [2.24, 2.45) is 5.92 Å². The Morgan fingerprint density at radius 3 is 2.32 bits per heavy atom. The minimum atomic E-state index is 0. The van der Waals surface area contributed by atoms with E-state index in [0.717, 1.165) is 38.2 Å². The van der Waals surface area contributed by atoms with Crippen LogP contribution in [0, 0.1) is 5.92 Å². The van der Waals surface area contributed by atoms with Gasteiger partial charge >= 0.3 is 0 Å². The number of hydrogen-bond donors (Lipinski definition) is 1. The van der Waals surface area contributed by atoms with Gasteiger partial charge in [-0.2, -0.15) is 0 Å². The van der Waals surface area contributed by atoms with Crippen LogP contribution in [0.15, 0.2) is 12.1 Å². The average molecular weight is 389 g/mol. The molecule has 0 amide bonds. The van der Waals surface area contributed by atoms with Crippen molar-refractivity contribution in [3.05, 3.63) is 28.0 Å². The predicted molar refractivity (Wildman–Crippen MR) is 100 cm³/mol. The molecule has 1 aliphatic heterocycles. The van der Waals surface area contributed by atoms with Crippen LogP contribution in [-0.2, 0) is 0 Å². The molecule has 1 fully saturated rings. The van der Waals surface area contributed by atoms with Gasteiger partial charge in [0.15, 0.2) is 0 Å². The van der Waals surface area contributed by atoms with Crippen LogP contribution < -0.4 is 5.32 Å². The van der Waals surface area contributed by atoms with Gasteiger partial charge in [0.1, 0.15) is 10.3 Å². The second kappa shape index (κ2) is 10.9. The molecule has 1 saturated heterocycles. The topological polar surface area (TPSA) is 28.2 Å². The Balaban J connectivity index is 0.00000220. The second-order valence-electron chi connectivity index (χ2n) is 5.79. The molecule has 1 aliphatic rings. The lowest BCUT2D eigenvalue weighted by Crippen LogP contribution is -2.45. The van der Waals surface area contributed by atoms with E-state index in [-0.39, 0.29) is 24.8 Å². The Hall–Kier alpha value is 0.230. The molecule has 0 aromatic carbocycles. The maximum atomic E-state index is 6.32. The van der Waals surface area contributed by atoms with E-state index in [1.807, 2.05) is 12.1 Å². The summed E-state index contributed by atoms with van der Waals surface area (Å²) in [6, 6.07) is 4.22. The number of halogens is 4. The van der Waals surface area contributed by atoms with Crippen LogP contribution in [0.2, 0.25) is 10.3 Å². The summed E-state index contributed by atoms with van der Waals surface area (Å²) in [5, 5.41) is 4.40. The maximum absolute atomic E-state index is 6.32. The van der Waals surface area contributed by atoms with Gasteiger partial charge in [-0.25, -0.2) is 4.98 Å². The Morgan fingerprint density at radius 2 is 1.77 bits per heavy atom. The molecule has 0 radical (unpaired) electrons. The van der Waals surface area contributed by atoms with E-state index in [9.17, 15) is 0 Å². The summed E-state index contributed by atoms with van der Waals surface area (Å²) < 4.78 is 0. The van der Waals surface area contributed by atoms with Crippen molar-refractivity contribution in [1.82, 2.24) is 15.2 Å². The normalized spacial score (nSPS) is 16.8. The van der Waals surface area contributed by atoms with Crippen LogP contribution >= 0.6 is 48.0 Å². The summed E-state index contributed by atoms with van der Waals surface area (Å²) in [7, 11) is 0. The molecule has 0 unspecified atom stereocenters. The van der Waals surface area contributed by atoms with Gasteiger partial charge in [0, 0.05) is 37.8 Å². The zero-order valence-electron chi connectivity index (χ0n) is 13.0. The van der Waals surface area contributed by atoms with Gasteiger partial charge in [-0.05, 0) is 24.8 Å². The van der Waals surface area contributed by atoms with E-state index in [4.69, 9.17) is 23.2 Å². The van der Waals surface area contributed by atoms with Crippen LogP contribution in [0.1, 0.15) is 38.3 Å². The number of aromatic nitrogens is 1. The van der Waals surface area contributed by atoms with E-state index in [0.29, 0.717) is 22.3 Å². The van der Waals surface area contributed by atoms with E-state index in [1.165, 1.54) is 6.42 Å². The Kier molecular flexibility index (Phi) is 11.0. The number of piperazine rings is 1. The average Bonchev–Trinajstić information content (AvgIpc) is 2.42. The van der Waals surface area contributed by atoms with Crippen LogP contribution in [-0.4, -0.2) is 36.1 Å². The van der Waals surface area contributed by atoms with Gasteiger partial charge in [-0.15, -0.1) is 24.8 Å². The highest BCUT2D eigenvalue weighted by molar-refractivity contribution is 6.32. The van der Waals surface area contributed by atoms with Crippen LogP contribution in [0.25, 0.3) is 0 Å². The number of hydrogen-bond acceptors (Lipinski definition) is 3. The lowest BCUT2D eigenvalue weighted by molar-refractivity contribution is 0.159. The van der Waals surface area contributed by atoms with Crippen molar-refractivity contribution in [2.75, 3.05) is 26.2 Å². The largest absolute Gasteiger partial charge is 0.314 e. The molecular weight excluding hydrogens is 364 g/mol. The van der Waals surface area contributed by atoms with E-state index in [2.05, 4.69) is 29.0 Å². The third-order valence-corrected chi connectivity index (χ3v) is 4.33. The molecule has 0 saturated carbocycles. The van der Waals surface area contributed by atoms with E-state index < -0.39 is 0 Å². The number of pyridine rings is 1. The fourth-order valence-electron chi connectivity index (χ4n) is 2.69. The molecule has 1 atom stereocenters. The zero-order chi connectivity index (χ0) is 14.5. The Morgan fingerprint density at radius 1 is 1.14 bits per heavy atom. The third kappa shape index (κ3) is 6.38. The number of nitrogens with one attached hydrogen (secondary N) is 1. The Bertz CT molecular complexity index is 437. The van der Waals surface area contributed by atoms with Gasteiger partial charge in [0.2, 0.25) is 0 Å².